The van der Waals surface area contributed by atoms with Crippen molar-refractivity contribution in [2.24, 2.45) is 5.73 Å². The number of benzene rings is 1. The summed E-state index contributed by atoms with van der Waals surface area (Å²) < 4.78 is 5.75. The highest BCUT2D eigenvalue weighted by molar-refractivity contribution is 5.85. The molecule has 18 heavy (non-hydrogen) atoms. The molecule has 0 aliphatic rings. The molecule has 0 saturated heterocycles. The number of nitrogens with zero attached hydrogens (tertiary/aromatic N) is 1. The van der Waals surface area contributed by atoms with Gasteiger partial charge in [-0.15, -0.1) is 0 Å². The Morgan fingerprint density at radius 3 is 2.78 bits per heavy atom. The summed E-state index contributed by atoms with van der Waals surface area (Å²) in [4.78, 5) is 4.17. The Bertz CT molecular complexity index is 526. The van der Waals surface area contributed by atoms with Crippen molar-refractivity contribution >= 4 is 10.8 Å². The molecule has 0 fully saturated rings. The van der Waals surface area contributed by atoms with Gasteiger partial charge >= 0.3 is 0 Å². The van der Waals surface area contributed by atoms with Gasteiger partial charge in [-0.1, -0.05) is 18.2 Å². The summed E-state index contributed by atoms with van der Waals surface area (Å²) >= 11 is 0. The lowest BCUT2D eigenvalue weighted by Crippen LogP contribution is -2.26. The second kappa shape index (κ2) is 5.04. The van der Waals surface area contributed by atoms with E-state index < -0.39 is 0 Å². The van der Waals surface area contributed by atoms with Crippen molar-refractivity contribution in [1.29, 1.82) is 0 Å². The fourth-order valence-electron chi connectivity index (χ4n) is 1.89. The molecule has 3 heteroatoms. The number of ether oxygens (including phenoxy) is 1. The lowest BCUT2D eigenvalue weighted by Gasteiger charge is -2.23. The first-order chi connectivity index (χ1) is 8.47. The third kappa shape index (κ3) is 3.06. The van der Waals surface area contributed by atoms with Gasteiger partial charge in [0, 0.05) is 17.8 Å². The van der Waals surface area contributed by atoms with E-state index in [-0.39, 0.29) is 11.6 Å². The number of hydrogen-bond donors (Lipinski definition) is 1. The number of fused-ring (bicyclic) bond motifs is 1. The molecule has 0 amide bonds. The molecule has 0 bridgehead atoms. The van der Waals surface area contributed by atoms with E-state index in [9.17, 15) is 0 Å². The number of nitrogens with two attached hydrogens (primary N) is 1. The smallest absolute Gasteiger partial charge is 0.0666 e. The SMILES string of the molecule is CC(C)(C)OCC(N)c1cccc2ccncc12. The molecule has 1 atom stereocenters. The minimum atomic E-state index is -0.166. The van der Waals surface area contributed by atoms with Crippen LogP contribution in [-0.2, 0) is 4.74 Å². The van der Waals surface area contributed by atoms with Crippen molar-refractivity contribution in [2.75, 3.05) is 6.61 Å². The summed E-state index contributed by atoms with van der Waals surface area (Å²) in [5.41, 5.74) is 7.14. The van der Waals surface area contributed by atoms with Crippen LogP contribution in [0.1, 0.15) is 32.4 Å². The summed E-state index contributed by atoms with van der Waals surface area (Å²) in [6.07, 6.45) is 3.66. The predicted octanol–water partition coefficient (Wildman–Crippen LogP) is 3.05. The molecule has 0 aliphatic heterocycles. The normalized spacial score (nSPS) is 13.8. The second-order valence-electron chi connectivity index (χ2n) is 5.47. The minimum Gasteiger partial charge on any atom is -0.374 e. The first-order valence-electron chi connectivity index (χ1n) is 6.19. The van der Waals surface area contributed by atoms with Gasteiger partial charge in [-0.2, -0.15) is 0 Å². The van der Waals surface area contributed by atoms with Crippen LogP contribution in [0.2, 0.25) is 0 Å². The maximum atomic E-state index is 6.22. The third-order valence-electron chi connectivity index (χ3n) is 2.81. The predicted molar refractivity (Wildman–Crippen MR) is 74.4 cm³/mol. The maximum Gasteiger partial charge on any atom is 0.0666 e. The van der Waals surface area contributed by atoms with Crippen LogP contribution in [0.3, 0.4) is 0 Å². The first kappa shape index (κ1) is 13.0. The van der Waals surface area contributed by atoms with Gasteiger partial charge in [0.05, 0.1) is 18.2 Å². The van der Waals surface area contributed by atoms with Crippen molar-refractivity contribution in [3.05, 3.63) is 42.2 Å². The Hall–Kier alpha value is -1.45. The molecule has 2 N–H and O–H groups in total. The van der Waals surface area contributed by atoms with Gasteiger partial charge in [0.15, 0.2) is 0 Å². The molecule has 2 aromatic rings. The number of hydrogen-bond acceptors (Lipinski definition) is 3. The Labute approximate surface area is 108 Å². The van der Waals surface area contributed by atoms with Gasteiger partial charge < -0.3 is 10.5 Å². The minimum absolute atomic E-state index is 0.128. The summed E-state index contributed by atoms with van der Waals surface area (Å²) in [5, 5.41) is 2.26. The number of rotatable bonds is 3. The molecule has 1 aromatic carbocycles. The molecular formula is C15H20N2O. The zero-order valence-corrected chi connectivity index (χ0v) is 11.2. The fraction of sp³-hybridized carbons (Fsp3) is 0.400. The lowest BCUT2D eigenvalue weighted by atomic mass is 10.0. The van der Waals surface area contributed by atoms with Crippen molar-refractivity contribution in [3.8, 4) is 0 Å². The average molecular weight is 244 g/mol. The monoisotopic (exact) mass is 244 g/mol. The van der Waals surface area contributed by atoms with Crippen molar-refractivity contribution in [2.45, 2.75) is 32.4 Å². The van der Waals surface area contributed by atoms with E-state index in [0.717, 1.165) is 16.3 Å². The third-order valence-corrected chi connectivity index (χ3v) is 2.81. The topological polar surface area (TPSA) is 48.1 Å². The Morgan fingerprint density at radius 1 is 1.28 bits per heavy atom. The highest BCUT2D eigenvalue weighted by Crippen LogP contribution is 2.23. The highest BCUT2D eigenvalue weighted by atomic mass is 16.5. The number of aromatic nitrogens is 1. The van der Waals surface area contributed by atoms with Crippen LogP contribution in [0.15, 0.2) is 36.7 Å². The van der Waals surface area contributed by atoms with E-state index in [0.29, 0.717) is 6.61 Å². The molecule has 0 saturated carbocycles. The van der Waals surface area contributed by atoms with Crippen LogP contribution < -0.4 is 5.73 Å². The van der Waals surface area contributed by atoms with Crippen molar-refractivity contribution < 1.29 is 4.74 Å². The molecular weight excluding hydrogens is 224 g/mol. The standard InChI is InChI=1S/C15H20N2O/c1-15(2,3)18-10-14(16)12-6-4-5-11-7-8-17-9-13(11)12/h4-9,14H,10,16H2,1-3H3. The quantitative estimate of drug-likeness (QED) is 0.902. The van der Waals surface area contributed by atoms with Crippen LogP contribution in [0, 0.1) is 0 Å². The fourth-order valence-corrected chi connectivity index (χ4v) is 1.89. The van der Waals surface area contributed by atoms with Crippen LogP contribution >= 0.6 is 0 Å². The van der Waals surface area contributed by atoms with Gasteiger partial charge in [0.1, 0.15) is 0 Å². The molecule has 0 radical (unpaired) electrons. The molecule has 1 heterocycles. The molecule has 0 spiro atoms. The summed E-state index contributed by atoms with van der Waals surface area (Å²) in [6.45, 7) is 6.61. The average Bonchev–Trinajstić information content (AvgIpc) is 2.34. The van der Waals surface area contributed by atoms with Crippen LogP contribution in [0.25, 0.3) is 10.8 Å². The van der Waals surface area contributed by atoms with Crippen molar-refractivity contribution in [3.63, 3.8) is 0 Å². The van der Waals surface area contributed by atoms with E-state index in [2.05, 4.69) is 11.1 Å². The van der Waals surface area contributed by atoms with Gasteiger partial charge in [-0.3, -0.25) is 4.98 Å². The Morgan fingerprint density at radius 2 is 2.06 bits per heavy atom. The summed E-state index contributed by atoms with van der Waals surface area (Å²) in [5.74, 6) is 0. The number of pyridine rings is 1. The molecule has 2 rings (SSSR count). The highest BCUT2D eigenvalue weighted by Gasteiger charge is 2.15. The van der Waals surface area contributed by atoms with Crippen LogP contribution in [0.4, 0.5) is 0 Å². The van der Waals surface area contributed by atoms with Crippen LogP contribution in [-0.4, -0.2) is 17.2 Å². The van der Waals surface area contributed by atoms with E-state index in [1.165, 1.54) is 0 Å². The van der Waals surface area contributed by atoms with Gasteiger partial charge in [-0.05, 0) is 37.8 Å². The Balaban J connectivity index is 2.25. The first-order valence-corrected chi connectivity index (χ1v) is 6.19. The van der Waals surface area contributed by atoms with Gasteiger partial charge in [0.2, 0.25) is 0 Å². The lowest BCUT2D eigenvalue weighted by molar-refractivity contribution is -0.0101. The second-order valence-corrected chi connectivity index (χ2v) is 5.47. The molecule has 1 unspecified atom stereocenters. The Kier molecular flexibility index (Phi) is 3.64. The van der Waals surface area contributed by atoms with E-state index in [4.69, 9.17) is 10.5 Å². The largest absolute Gasteiger partial charge is 0.374 e. The zero-order chi connectivity index (χ0) is 13.2. The molecule has 0 aliphatic carbocycles. The van der Waals surface area contributed by atoms with Crippen molar-refractivity contribution in [1.82, 2.24) is 4.98 Å². The van der Waals surface area contributed by atoms with Crippen LogP contribution in [0.5, 0.6) is 0 Å². The van der Waals surface area contributed by atoms with E-state index >= 15 is 0 Å². The van der Waals surface area contributed by atoms with E-state index in [1.807, 2.05) is 45.2 Å². The van der Waals surface area contributed by atoms with Gasteiger partial charge in [-0.25, -0.2) is 0 Å². The zero-order valence-electron chi connectivity index (χ0n) is 11.2. The molecule has 3 nitrogen and oxygen atoms in total. The maximum absolute atomic E-state index is 6.22. The summed E-state index contributed by atoms with van der Waals surface area (Å²) in [6, 6.07) is 8.00. The van der Waals surface area contributed by atoms with E-state index in [1.54, 1.807) is 6.20 Å². The molecule has 96 valence electrons. The molecule has 1 aromatic heterocycles. The van der Waals surface area contributed by atoms with Gasteiger partial charge in [0.25, 0.3) is 0 Å². The summed E-state index contributed by atoms with van der Waals surface area (Å²) in [7, 11) is 0.